The van der Waals surface area contributed by atoms with Gasteiger partial charge in [-0.3, -0.25) is 0 Å². The van der Waals surface area contributed by atoms with Crippen LogP contribution in [0.15, 0.2) is 42.5 Å². The fourth-order valence-electron chi connectivity index (χ4n) is 4.14. The molecule has 0 amide bonds. The normalized spacial score (nSPS) is 11.6. The summed E-state index contributed by atoms with van der Waals surface area (Å²) in [6.45, 7) is 8.36. The lowest BCUT2D eigenvalue weighted by Gasteiger charge is -2.04. The molecule has 2 aromatic heterocycles. The van der Waals surface area contributed by atoms with E-state index >= 15 is 0 Å². The van der Waals surface area contributed by atoms with Gasteiger partial charge in [-0.05, 0) is 80.3 Å². The molecule has 3 aromatic carbocycles. The number of hydrogen-bond acceptors (Lipinski definition) is 3. The Balaban J connectivity index is 1.66. The monoisotopic (exact) mass is 381 g/mol. The highest BCUT2D eigenvalue weighted by molar-refractivity contribution is 5.86. The maximum atomic E-state index is 6.25. The molecule has 4 N–H and O–H groups in total. The molecule has 5 heteroatoms. The minimum absolute atomic E-state index is 0.680. The number of anilines is 1. The molecule has 0 spiro atoms. The summed E-state index contributed by atoms with van der Waals surface area (Å²) in [4.78, 5) is 16.5. The second kappa shape index (κ2) is 6.21. The summed E-state index contributed by atoms with van der Waals surface area (Å²) in [5.74, 6) is 1.62. The molecule has 0 aliphatic rings. The van der Waals surface area contributed by atoms with Crippen molar-refractivity contribution in [3.05, 3.63) is 64.7 Å². The molecule has 0 fully saturated rings. The van der Waals surface area contributed by atoms with Crippen LogP contribution in [0.25, 0.3) is 44.8 Å². The zero-order valence-electron chi connectivity index (χ0n) is 17.0. The smallest absolute Gasteiger partial charge is 0.138 e. The van der Waals surface area contributed by atoms with Crippen molar-refractivity contribution < 1.29 is 0 Å². The number of aromatic amines is 2. The minimum atomic E-state index is 0.680. The highest BCUT2D eigenvalue weighted by Gasteiger charge is 2.13. The first-order valence-corrected chi connectivity index (χ1v) is 9.72. The van der Waals surface area contributed by atoms with Gasteiger partial charge in [0.15, 0.2) is 0 Å². The molecular weight excluding hydrogens is 358 g/mol. The molecule has 0 radical (unpaired) electrons. The summed E-state index contributed by atoms with van der Waals surface area (Å²) >= 11 is 0. The summed E-state index contributed by atoms with van der Waals surface area (Å²) in [6.07, 6.45) is 0. The summed E-state index contributed by atoms with van der Waals surface area (Å²) in [6, 6.07) is 14.5. The molecule has 0 saturated carbocycles. The zero-order chi connectivity index (χ0) is 20.3. The van der Waals surface area contributed by atoms with Crippen LogP contribution in [-0.2, 0) is 0 Å². The van der Waals surface area contributed by atoms with Gasteiger partial charge >= 0.3 is 0 Å². The summed E-state index contributed by atoms with van der Waals surface area (Å²) in [5.41, 5.74) is 17.6. The fourth-order valence-corrected chi connectivity index (χ4v) is 4.14. The minimum Gasteiger partial charge on any atom is -0.399 e. The van der Waals surface area contributed by atoms with Gasteiger partial charge in [-0.2, -0.15) is 0 Å². The van der Waals surface area contributed by atoms with Gasteiger partial charge in [0, 0.05) is 16.8 Å². The van der Waals surface area contributed by atoms with E-state index in [1.54, 1.807) is 0 Å². The van der Waals surface area contributed by atoms with Crippen molar-refractivity contribution in [1.29, 1.82) is 0 Å². The first kappa shape index (κ1) is 17.5. The number of imidazole rings is 2. The summed E-state index contributed by atoms with van der Waals surface area (Å²) in [7, 11) is 0. The van der Waals surface area contributed by atoms with Crippen LogP contribution in [-0.4, -0.2) is 19.9 Å². The van der Waals surface area contributed by atoms with Gasteiger partial charge < -0.3 is 15.7 Å². The SMILES string of the molecule is Cc1cc(C)c2nc(-c3cc(N)cc(-c4nc5c(C)cc(C)cc5[nH]4)c3)[nH]c2c1. The van der Waals surface area contributed by atoms with E-state index in [1.165, 1.54) is 11.1 Å². The zero-order valence-corrected chi connectivity index (χ0v) is 17.0. The molecule has 0 atom stereocenters. The van der Waals surface area contributed by atoms with Gasteiger partial charge in [-0.15, -0.1) is 0 Å². The largest absolute Gasteiger partial charge is 0.399 e. The molecule has 0 unspecified atom stereocenters. The molecule has 144 valence electrons. The molecule has 5 aromatic rings. The van der Waals surface area contributed by atoms with Gasteiger partial charge in [0.1, 0.15) is 11.6 Å². The van der Waals surface area contributed by atoms with Crippen molar-refractivity contribution in [2.24, 2.45) is 0 Å². The Hall–Kier alpha value is -3.60. The molecule has 0 bridgehead atoms. The fraction of sp³-hybridized carbons (Fsp3) is 0.167. The van der Waals surface area contributed by atoms with Gasteiger partial charge in [-0.25, -0.2) is 9.97 Å². The van der Waals surface area contributed by atoms with Crippen LogP contribution >= 0.6 is 0 Å². The Morgan fingerprint density at radius 1 is 0.621 bits per heavy atom. The first-order chi connectivity index (χ1) is 13.9. The van der Waals surface area contributed by atoms with Crippen LogP contribution in [0.1, 0.15) is 22.3 Å². The number of nitrogens with one attached hydrogen (secondary N) is 2. The number of fused-ring (bicyclic) bond motifs is 2. The number of H-pyrrole nitrogens is 2. The van der Waals surface area contributed by atoms with Gasteiger partial charge in [0.2, 0.25) is 0 Å². The Bertz CT molecular complexity index is 1300. The third-order valence-corrected chi connectivity index (χ3v) is 5.35. The lowest BCUT2D eigenvalue weighted by molar-refractivity contribution is 1.31. The number of rotatable bonds is 2. The Morgan fingerprint density at radius 2 is 1.07 bits per heavy atom. The van der Waals surface area contributed by atoms with Crippen LogP contribution in [0.2, 0.25) is 0 Å². The predicted octanol–water partition coefficient (Wildman–Crippen LogP) is 5.59. The van der Waals surface area contributed by atoms with E-state index in [1.807, 2.05) is 12.1 Å². The second-order valence-electron chi connectivity index (χ2n) is 7.97. The van der Waals surface area contributed by atoms with E-state index in [2.05, 4.69) is 68.0 Å². The highest BCUT2D eigenvalue weighted by atomic mass is 14.9. The number of hydrogen-bond donors (Lipinski definition) is 3. The van der Waals surface area contributed by atoms with E-state index in [9.17, 15) is 0 Å². The van der Waals surface area contributed by atoms with Crippen molar-refractivity contribution in [2.45, 2.75) is 27.7 Å². The molecule has 5 nitrogen and oxygen atoms in total. The number of nitrogens with zero attached hydrogens (tertiary/aromatic N) is 2. The maximum absolute atomic E-state index is 6.25. The van der Waals surface area contributed by atoms with Crippen LogP contribution < -0.4 is 5.73 Å². The highest BCUT2D eigenvalue weighted by Crippen LogP contribution is 2.30. The van der Waals surface area contributed by atoms with E-state index in [0.717, 1.165) is 56.0 Å². The van der Waals surface area contributed by atoms with Crippen LogP contribution in [0.3, 0.4) is 0 Å². The molecule has 29 heavy (non-hydrogen) atoms. The van der Waals surface area contributed by atoms with Gasteiger partial charge in [0.05, 0.1) is 22.1 Å². The number of aromatic nitrogens is 4. The summed E-state index contributed by atoms with van der Waals surface area (Å²) < 4.78 is 0. The molecule has 5 rings (SSSR count). The predicted molar refractivity (Wildman–Crippen MR) is 120 cm³/mol. The number of nitrogens with two attached hydrogens (primary N) is 1. The Kier molecular flexibility index (Phi) is 3.74. The van der Waals surface area contributed by atoms with Crippen molar-refractivity contribution in [1.82, 2.24) is 19.9 Å². The van der Waals surface area contributed by atoms with E-state index in [-0.39, 0.29) is 0 Å². The van der Waals surface area contributed by atoms with E-state index in [4.69, 9.17) is 15.7 Å². The van der Waals surface area contributed by atoms with Crippen molar-refractivity contribution in [3.8, 4) is 22.8 Å². The molecule has 0 aliphatic heterocycles. The molecule has 2 heterocycles. The van der Waals surface area contributed by atoms with Crippen LogP contribution in [0, 0.1) is 27.7 Å². The maximum Gasteiger partial charge on any atom is 0.138 e. The molecule has 0 saturated heterocycles. The quantitative estimate of drug-likeness (QED) is 0.349. The van der Waals surface area contributed by atoms with Crippen LogP contribution in [0.4, 0.5) is 5.69 Å². The van der Waals surface area contributed by atoms with Crippen molar-refractivity contribution in [2.75, 3.05) is 5.73 Å². The topological polar surface area (TPSA) is 83.4 Å². The standard InChI is InChI=1S/C24H23N5/c1-12-5-14(3)21-19(7-12)26-23(28-21)16-9-17(11-18(25)10-16)24-27-20-8-13(2)6-15(4)22(20)29-24/h5-11H,25H2,1-4H3,(H,26,28)(H,27,29). The second-order valence-corrected chi connectivity index (χ2v) is 7.97. The number of nitrogen functional groups attached to an aromatic ring is 1. The van der Waals surface area contributed by atoms with Gasteiger partial charge in [0.25, 0.3) is 0 Å². The summed E-state index contributed by atoms with van der Waals surface area (Å²) in [5, 5.41) is 0. The van der Waals surface area contributed by atoms with E-state index in [0.29, 0.717) is 5.69 Å². The molecular formula is C24H23N5. The number of benzene rings is 3. The third-order valence-electron chi connectivity index (χ3n) is 5.35. The Labute approximate surface area is 169 Å². The van der Waals surface area contributed by atoms with Crippen molar-refractivity contribution in [3.63, 3.8) is 0 Å². The number of aryl methyl sites for hydroxylation is 4. The average Bonchev–Trinajstić information content (AvgIpc) is 3.25. The third kappa shape index (κ3) is 2.95. The van der Waals surface area contributed by atoms with Gasteiger partial charge in [-0.1, -0.05) is 12.1 Å². The lowest BCUT2D eigenvalue weighted by atomic mass is 10.1. The van der Waals surface area contributed by atoms with E-state index < -0.39 is 0 Å². The lowest BCUT2D eigenvalue weighted by Crippen LogP contribution is -1.91. The molecule has 0 aliphatic carbocycles. The first-order valence-electron chi connectivity index (χ1n) is 9.72. The average molecular weight is 381 g/mol. The Morgan fingerprint density at radius 3 is 1.52 bits per heavy atom. The van der Waals surface area contributed by atoms with Crippen molar-refractivity contribution >= 4 is 27.8 Å². The van der Waals surface area contributed by atoms with Crippen LogP contribution in [0.5, 0.6) is 0 Å².